The van der Waals surface area contributed by atoms with E-state index < -0.39 is 41.6 Å². The number of ether oxygens (including phenoxy) is 1. The Bertz CT molecular complexity index is 1070. The van der Waals surface area contributed by atoms with Gasteiger partial charge < -0.3 is 4.74 Å². The molecule has 0 atom stereocenters. The topological polar surface area (TPSA) is 69.7 Å². The highest BCUT2D eigenvalue weighted by molar-refractivity contribution is 7.88. The quantitative estimate of drug-likeness (QED) is 0.170. The predicted molar refractivity (Wildman–Crippen MR) is 134 cm³/mol. The van der Waals surface area contributed by atoms with Crippen molar-refractivity contribution >= 4 is 27.7 Å². The van der Waals surface area contributed by atoms with Gasteiger partial charge in [0, 0.05) is 5.88 Å². The molecule has 0 bridgehead atoms. The van der Waals surface area contributed by atoms with Crippen LogP contribution in [0.4, 0.5) is 8.78 Å². The highest BCUT2D eigenvalue weighted by atomic mass is 127. The van der Waals surface area contributed by atoms with Gasteiger partial charge >= 0.3 is 41.6 Å². The number of hydrogen-bond donors (Lipinski definition) is 0. The number of unbranched alkanes of at least 4 members (excludes halogenated alkanes) is 1. The fraction of sp³-hybridized carbons (Fsp3) is 0.500. The van der Waals surface area contributed by atoms with Crippen molar-refractivity contribution in [3.63, 3.8) is 0 Å². The normalized spacial score (nSPS) is 13.2. The van der Waals surface area contributed by atoms with Crippen LogP contribution in [0.5, 0.6) is 0 Å². The maximum atomic E-state index is 14.7. The van der Waals surface area contributed by atoms with Gasteiger partial charge in [-0.1, -0.05) is 65.8 Å². The van der Waals surface area contributed by atoms with Gasteiger partial charge in [-0.15, -0.1) is 11.6 Å². The second kappa shape index (κ2) is 12.0. The maximum Gasteiger partial charge on any atom is 0.469 e. The van der Waals surface area contributed by atoms with Gasteiger partial charge in [-0.25, -0.2) is 4.79 Å². The number of rotatable bonds is 10. The largest absolute Gasteiger partial charge is 0.469 e. The third-order valence-corrected chi connectivity index (χ3v) is 12.8. The molecule has 0 aliphatic rings. The zero-order chi connectivity index (χ0) is 27.4. The van der Waals surface area contributed by atoms with Crippen LogP contribution in [0.15, 0.2) is 48.5 Å². The SMILES string of the molecule is CC(C)(C)c1ccc([I+](OS(=O)(=O)C(F)(F)C(=O)OCCCCCl)c2ccc(C(C)(C)C)cc2)cc1. The number of alkyl halides is 3. The Labute approximate surface area is 226 Å². The van der Waals surface area contributed by atoms with Gasteiger partial charge in [0.1, 0.15) is 0 Å². The summed E-state index contributed by atoms with van der Waals surface area (Å²) in [5.41, 5.74) is 1.69. The third-order valence-electron chi connectivity index (χ3n) is 5.28. The molecule has 0 aliphatic carbocycles. The van der Waals surface area contributed by atoms with Crippen molar-refractivity contribution in [2.45, 2.75) is 70.5 Å². The van der Waals surface area contributed by atoms with Crippen LogP contribution in [0.3, 0.4) is 0 Å². The maximum absolute atomic E-state index is 14.7. The highest BCUT2D eigenvalue weighted by Gasteiger charge is 2.60. The first-order valence-electron chi connectivity index (χ1n) is 11.5. The summed E-state index contributed by atoms with van der Waals surface area (Å²) in [5, 5.41) is -4.85. The minimum Gasteiger partial charge on any atom is -0.460 e. The molecule has 0 spiro atoms. The Kier molecular flexibility index (Phi) is 10.3. The van der Waals surface area contributed by atoms with Crippen molar-refractivity contribution in [1.29, 1.82) is 0 Å². The highest BCUT2D eigenvalue weighted by Crippen LogP contribution is 2.25. The summed E-state index contributed by atoms with van der Waals surface area (Å²) in [7, 11) is -5.64. The Morgan fingerprint density at radius 2 is 1.25 bits per heavy atom. The number of halogens is 4. The second-order valence-electron chi connectivity index (χ2n) is 10.3. The lowest BCUT2D eigenvalue weighted by Gasteiger charge is -2.19. The summed E-state index contributed by atoms with van der Waals surface area (Å²) >= 11 is 2.10. The number of carbonyl (C=O) groups excluding carboxylic acids is 1. The lowest BCUT2D eigenvalue weighted by Crippen LogP contribution is -3.85. The van der Waals surface area contributed by atoms with Crippen LogP contribution in [0.1, 0.15) is 65.5 Å². The molecule has 0 heterocycles. The van der Waals surface area contributed by atoms with Crippen LogP contribution in [0, 0.1) is 7.14 Å². The molecular formula is C26H34ClF2IO5S+. The van der Waals surface area contributed by atoms with E-state index in [1.807, 2.05) is 65.8 Å². The summed E-state index contributed by atoms with van der Waals surface area (Å²) in [5.74, 6) is -1.88. The molecule has 0 saturated heterocycles. The van der Waals surface area contributed by atoms with Crippen LogP contribution in [0.2, 0.25) is 0 Å². The van der Waals surface area contributed by atoms with E-state index in [1.54, 1.807) is 24.3 Å². The molecule has 10 heteroatoms. The Balaban J connectivity index is 2.44. The smallest absolute Gasteiger partial charge is 0.460 e. The lowest BCUT2D eigenvalue weighted by atomic mass is 9.87. The van der Waals surface area contributed by atoms with Crippen LogP contribution >= 0.6 is 11.6 Å². The van der Waals surface area contributed by atoms with E-state index in [-0.39, 0.29) is 29.7 Å². The molecule has 0 N–H and O–H groups in total. The second-order valence-corrected chi connectivity index (χ2v) is 17.2. The number of hydrogen-bond acceptors (Lipinski definition) is 5. The fourth-order valence-electron chi connectivity index (χ4n) is 3.00. The summed E-state index contributed by atoms with van der Waals surface area (Å²) in [6.45, 7) is 11.8. The van der Waals surface area contributed by atoms with Crippen molar-refractivity contribution in [2.24, 2.45) is 0 Å². The summed E-state index contributed by atoms with van der Waals surface area (Å²) < 4.78 is 65.7. The predicted octanol–water partition coefficient (Wildman–Crippen LogP) is 3.36. The lowest BCUT2D eigenvalue weighted by molar-refractivity contribution is -1.03. The zero-order valence-corrected chi connectivity index (χ0v) is 25.1. The van der Waals surface area contributed by atoms with E-state index in [2.05, 4.69) is 4.74 Å². The van der Waals surface area contributed by atoms with E-state index in [1.165, 1.54) is 0 Å². The molecule has 2 aromatic carbocycles. The minimum absolute atomic E-state index is 0.154. The number of benzene rings is 2. The zero-order valence-electron chi connectivity index (χ0n) is 21.4. The van der Waals surface area contributed by atoms with E-state index in [4.69, 9.17) is 14.1 Å². The van der Waals surface area contributed by atoms with E-state index in [0.29, 0.717) is 13.6 Å². The summed E-state index contributed by atoms with van der Waals surface area (Å²) in [4.78, 5) is 12.0. The van der Waals surface area contributed by atoms with Crippen LogP contribution < -0.4 is 20.2 Å². The first-order chi connectivity index (χ1) is 16.5. The first-order valence-corrected chi connectivity index (χ1v) is 16.5. The molecule has 5 nitrogen and oxygen atoms in total. The monoisotopic (exact) mass is 658 g/mol. The Hall–Kier alpha value is -1.30. The molecular weight excluding hydrogens is 625 g/mol. The van der Waals surface area contributed by atoms with Crippen LogP contribution in [-0.2, 0) is 33.0 Å². The van der Waals surface area contributed by atoms with E-state index in [0.717, 1.165) is 11.1 Å². The fourth-order valence-corrected chi connectivity index (χ4v) is 9.93. The molecule has 0 saturated carbocycles. The van der Waals surface area contributed by atoms with E-state index in [9.17, 15) is 22.0 Å². The minimum atomic E-state index is -5.64. The molecule has 0 aliphatic heterocycles. The number of esters is 1. The molecule has 0 aromatic heterocycles. The van der Waals surface area contributed by atoms with Crippen molar-refractivity contribution in [3.05, 3.63) is 66.8 Å². The molecule has 1 radical (unpaired) electrons. The average Bonchev–Trinajstić information content (AvgIpc) is 2.79. The molecule has 36 heavy (non-hydrogen) atoms. The van der Waals surface area contributed by atoms with Crippen LogP contribution in [0.25, 0.3) is 0 Å². The van der Waals surface area contributed by atoms with Crippen molar-refractivity contribution in [1.82, 2.24) is 0 Å². The van der Waals surface area contributed by atoms with Gasteiger partial charge in [-0.3, -0.25) is 0 Å². The van der Waals surface area contributed by atoms with Crippen molar-refractivity contribution in [2.75, 3.05) is 12.5 Å². The van der Waals surface area contributed by atoms with Crippen LogP contribution in [-0.4, -0.2) is 32.1 Å². The molecule has 201 valence electrons. The van der Waals surface area contributed by atoms with Gasteiger partial charge in [0.25, 0.3) is 0 Å². The first kappa shape index (κ1) is 30.9. The molecule has 0 amide bonds. The Morgan fingerprint density at radius 1 is 0.833 bits per heavy atom. The molecule has 2 rings (SSSR count). The van der Waals surface area contributed by atoms with Crippen molar-refractivity contribution in [3.8, 4) is 0 Å². The van der Waals surface area contributed by atoms with Gasteiger partial charge in [-0.05, 0) is 61.6 Å². The van der Waals surface area contributed by atoms with Gasteiger partial charge in [-0.2, -0.15) is 17.2 Å². The average molecular weight is 659 g/mol. The van der Waals surface area contributed by atoms with Crippen molar-refractivity contribution < 1.29 is 49.5 Å². The standard InChI is InChI=1S/C26H34ClF2IO5S/c1-24(2,3)19-9-13-21(14-10-19)30(22-15-11-20(12-16-22)25(4,5)6)35-36(32,33)26(28,29)23(31)34-18-8-7-17-27/h9-16H,7-8,17-18H2,1-6H3/q+1. The third kappa shape index (κ3) is 7.85. The molecule has 0 fully saturated rings. The van der Waals surface area contributed by atoms with Gasteiger partial charge in [0.05, 0.1) is 6.61 Å². The van der Waals surface area contributed by atoms with E-state index >= 15 is 0 Å². The molecule has 2 aromatic rings. The Morgan fingerprint density at radius 3 is 1.61 bits per heavy atom. The summed E-state index contributed by atoms with van der Waals surface area (Å²) in [6, 6.07) is 14.2. The molecule has 0 unspecified atom stereocenters. The summed E-state index contributed by atoms with van der Waals surface area (Å²) in [6.07, 6.45) is 0.680. The number of carbonyl (C=O) groups is 1. The van der Waals surface area contributed by atoms with Gasteiger partial charge in [0.2, 0.25) is 0 Å². The van der Waals surface area contributed by atoms with Gasteiger partial charge in [0.15, 0.2) is 7.14 Å².